The number of anilines is 2. The van der Waals surface area contributed by atoms with E-state index in [0.717, 1.165) is 4.47 Å². The molecule has 0 amide bonds. The van der Waals surface area contributed by atoms with Crippen molar-refractivity contribution < 1.29 is 0 Å². The lowest BCUT2D eigenvalue weighted by molar-refractivity contribution is 0.796. The first-order valence-corrected chi connectivity index (χ1v) is 5.43. The first kappa shape index (κ1) is 7.68. The number of nitrogens with one attached hydrogen (secondary N) is 1. The third-order valence-corrected chi connectivity index (χ3v) is 3.34. The molecule has 1 N–H and O–H groups in total. The summed E-state index contributed by atoms with van der Waals surface area (Å²) in [5.74, 6) is 0. The molecule has 3 heteroatoms. The van der Waals surface area contributed by atoms with E-state index in [9.17, 15) is 0 Å². The Hall–Kier alpha value is -0.700. The van der Waals surface area contributed by atoms with Crippen LogP contribution in [-0.2, 0) is 0 Å². The van der Waals surface area contributed by atoms with Crippen LogP contribution in [0.2, 0.25) is 0 Å². The minimum Gasteiger partial charge on any atom is -0.379 e. The smallest absolute Gasteiger partial charge is 0.0603 e. The Morgan fingerprint density at radius 1 is 1.46 bits per heavy atom. The molecule has 0 saturated carbocycles. The van der Waals surface area contributed by atoms with Crippen molar-refractivity contribution in [3.05, 3.63) is 22.7 Å². The van der Waals surface area contributed by atoms with Crippen molar-refractivity contribution in [3.8, 4) is 0 Å². The SMILES string of the molecule is Brc1ccc2c(c1)N[C@@H]1CCN2C1. The normalized spacial score (nSPS) is 24.1. The van der Waals surface area contributed by atoms with Gasteiger partial charge in [-0.1, -0.05) is 15.9 Å². The maximum atomic E-state index is 3.56. The third-order valence-electron chi connectivity index (χ3n) is 2.85. The van der Waals surface area contributed by atoms with Crippen LogP contribution in [0.1, 0.15) is 6.42 Å². The monoisotopic (exact) mass is 238 g/mol. The van der Waals surface area contributed by atoms with E-state index in [-0.39, 0.29) is 0 Å². The van der Waals surface area contributed by atoms with Gasteiger partial charge < -0.3 is 10.2 Å². The van der Waals surface area contributed by atoms with Gasteiger partial charge in [-0.15, -0.1) is 0 Å². The van der Waals surface area contributed by atoms with Crippen molar-refractivity contribution in [2.24, 2.45) is 0 Å². The molecule has 2 nitrogen and oxygen atoms in total. The summed E-state index contributed by atoms with van der Waals surface area (Å²) < 4.78 is 1.15. The Morgan fingerprint density at radius 2 is 2.38 bits per heavy atom. The molecule has 0 aromatic heterocycles. The fourth-order valence-corrected chi connectivity index (χ4v) is 2.58. The summed E-state index contributed by atoms with van der Waals surface area (Å²) in [4.78, 5) is 2.46. The second kappa shape index (κ2) is 2.64. The maximum absolute atomic E-state index is 3.56. The molecule has 1 atom stereocenters. The zero-order valence-electron chi connectivity index (χ0n) is 7.26. The highest BCUT2D eigenvalue weighted by Gasteiger charge is 2.29. The van der Waals surface area contributed by atoms with Gasteiger partial charge in [-0.25, -0.2) is 0 Å². The molecule has 1 aromatic carbocycles. The van der Waals surface area contributed by atoms with E-state index in [1.54, 1.807) is 0 Å². The zero-order chi connectivity index (χ0) is 8.84. The van der Waals surface area contributed by atoms with Crippen molar-refractivity contribution >= 4 is 27.3 Å². The molecule has 0 spiro atoms. The number of hydrogen-bond acceptors (Lipinski definition) is 2. The van der Waals surface area contributed by atoms with Crippen LogP contribution in [0.3, 0.4) is 0 Å². The van der Waals surface area contributed by atoms with Crippen LogP contribution in [0, 0.1) is 0 Å². The number of halogens is 1. The lowest BCUT2D eigenvalue weighted by Crippen LogP contribution is -2.31. The summed E-state index contributed by atoms with van der Waals surface area (Å²) in [5.41, 5.74) is 2.64. The van der Waals surface area contributed by atoms with Gasteiger partial charge in [0, 0.05) is 23.6 Å². The standard InChI is InChI=1S/C10H11BrN2/c11-7-1-2-10-9(5-7)12-8-3-4-13(10)6-8/h1-2,5,8,12H,3-4,6H2/t8-/m1/s1. The van der Waals surface area contributed by atoms with Gasteiger partial charge >= 0.3 is 0 Å². The fourth-order valence-electron chi connectivity index (χ4n) is 2.22. The van der Waals surface area contributed by atoms with Crippen LogP contribution in [0.4, 0.5) is 11.4 Å². The number of rotatable bonds is 0. The summed E-state index contributed by atoms with van der Waals surface area (Å²) in [6.07, 6.45) is 1.27. The summed E-state index contributed by atoms with van der Waals surface area (Å²) >= 11 is 3.49. The topological polar surface area (TPSA) is 15.3 Å². The quantitative estimate of drug-likeness (QED) is 0.748. The minimum atomic E-state index is 0.668. The van der Waals surface area contributed by atoms with Crippen molar-refractivity contribution in [2.45, 2.75) is 12.5 Å². The molecule has 1 saturated heterocycles. The van der Waals surface area contributed by atoms with Gasteiger partial charge in [0.1, 0.15) is 0 Å². The number of hydrogen-bond donors (Lipinski definition) is 1. The van der Waals surface area contributed by atoms with Crippen molar-refractivity contribution in [1.82, 2.24) is 0 Å². The Morgan fingerprint density at radius 3 is 3.31 bits per heavy atom. The number of nitrogens with zero attached hydrogens (tertiary/aromatic N) is 1. The molecule has 0 unspecified atom stereocenters. The summed E-state index contributed by atoms with van der Waals surface area (Å²) in [7, 11) is 0. The molecule has 3 rings (SSSR count). The van der Waals surface area contributed by atoms with Gasteiger partial charge in [-0.05, 0) is 24.6 Å². The molecule has 1 aromatic rings. The second-order valence-corrected chi connectivity index (χ2v) is 4.65. The maximum Gasteiger partial charge on any atom is 0.0603 e. The van der Waals surface area contributed by atoms with E-state index in [0.29, 0.717) is 6.04 Å². The third kappa shape index (κ3) is 1.14. The van der Waals surface area contributed by atoms with Crippen LogP contribution in [0.25, 0.3) is 0 Å². The van der Waals surface area contributed by atoms with Gasteiger partial charge in [0.25, 0.3) is 0 Å². The van der Waals surface area contributed by atoms with Crippen molar-refractivity contribution in [1.29, 1.82) is 0 Å². The molecule has 2 heterocycles. The van der Waals surface area contributed by atoms with E-state index < -0.39 is 0 Å². The van der Waals surface area contributed by atoms with E-state index in [1.165, 1.54) is 30.9 Å². The molecule has 13 heavy (non-hydrogen) atoms. The Labute approximate surface area is 86.1 Å². The highest BCUT2D eigenvalue weighted by molar-refractivity contribution is 9.10. The Kier molecular flexibility index (Phi) is 1.56. The van der Waals surface area contributed by atoms with Crippen LogP contribution in [-0.4, -0.2) is 19.1 Å². The first-order valence-electron chi connectivity index (χ1n) is 4.64. The summed E-state index contributed by atoms with van der Waals surface area (Å²) in [5, 5.41) is 3.56. The number of fused-ring (bicyclic) bond motifs is 4. The average Bonchev–Trinajstić information content (AvgIpc) is 2.48. The highest BCUT2D eigenvalue weighted by atomic mass is 79.9. The largest absolute Gasteiger partial charge is 0.379 e. The van der Waals surface area contributed by atoms with Gasteiger partial charge in [0.15, 0.2) is 0 Å². The van der Waals surface area contributed by atoms with Crippen LogP contribution >= 0.6 is 15.9 Å². The molecule has 68 valence electrons. The van der Waals surface area contributed by atoms with Gasteiger partial charge in [0.05, 0.1) is 11.4 Å². The predicted octanol–water partition coefficient (Wildman–Crippen LogP) is 2.45. The van der Waals surface area contributed by atoms with E-state index >= 15 is 0 Å². The molecule has 0 radical (unpaired) electrons. The van der Waals surface area contributed by atoms with Gasteiger partial charge in [-0.2, -0.15) is 0 Å². The van der Waals surface area contributed by atoms with Crippen molar-refractivity contribution in [2.75, 3.05) is 23.3 Å². The lowest BCUT2D eigenvalue weighted by atomic mass is 10.2. The molecule has 0 aliphatic carbocycles. The van der Waals surface area contributed by atoms with Crippen LogP contribution < -0.4 is 10.2 Å². The average molecular weight is 239 g/mol. The fraction of sp³-hybridized carbons (Fsp3) is 0.400. The molecule has 2 bridgehead atoms. The number of benzene rings is 1. The first-order chi connectivity index (χ1) is 6.33. The summed E-state index contributed by atoms with van der Waals surface area (Å²) in [6, 6.07) is 7.13. The molecular formula is C10H11BrN2. The Balaban J connectivity index is 2.12. The van der Waals surface area contributed by atoms with E-state index in [1.807, 2.05) is 0 Å². The highest BCUT2D eigenvalue weighted by Crippen LogP contribution is 2.36. The molecular weight excluding hydrogens is 228 g/mol. The zero-order valence-corrected chi connectivity index (χ0v) is 8.84. The lowest BCUT2D eigenvalue weighted by Gasteiger charge is -2.28. The van der Waals surface area contributed by atoms with Gasteiger partial charge in [-0.3, -0.25) is 0 Å². The summed E-state index contributed by atoms with van der Waals surface area (Å²) in [6.45, 7) is 2.38. The van der Waals surface area contributed by atoms with E-state index in [2.05, 4.69) is 44.3 Å². The van der Waals surface area contributed by atoms with Gasteiger partial charge in [0.2, 0.25) is 0 Å². The second-order valence-electron chi connectivity index (χ2n) is 3.74. The molecule has 2 aliphatic rings. The molecule has 2 aliphatic heterocycles. The van der Waals surface area contributed by atoms with Crippen LogP contribution in [0.5, 0.6) is 0 Å². The predicted molar refractivity (Wildman–Crippen MR) is 58.4 cm³/mol. The van der Waals surface area contributed by atoms with Crippen LogP contribution in [0.15, 0.2) is 22.7 Å². The Bertz CT molecular complexity index is 351. The van der Waals surface area contributed by atoms with E-state index in [4.69, 9.17) is 0 Å². The minimum absolute atomic E-state index is 0.668. The molecule has 1 fully saturated rings. The van der Waals surface area contributed by atoms with Crippen molar-refractivity contribution in [3.63, 3.8) is 0 Å².